The van der Waals surface area contributed by atoms with Crippen LogP contribution in [0.1, 0.15) is 50.9 Å². The fourth-order valence-corrected chi connectivity index (χ4v) is 2.18. The Labute approximate surface area is 138 Å². The number of ether oxygens (including phenoxy) is 1. The molecule has 6 heteroatoms. The maximum atomic E-state index is 13.7. The second kappa shape index (κ2) is 7.72. The van der Waals surface area contributed by atoms with Crippen molar-refractivity contribution in [2.75, 3.05) is 0 Å². The van der Waals surface area contributed by atoms with E-state index in [9.17, 15) is 14.0 Å². The number of carbonyl (C=O) groups excluding carboxylic acids is 2. The van der Waals surface area contributed by atoms with E-state index in [1.165, 1.54) is 18.2 Å². The minimum atomic E-state index is -0.608. The Morgan fingerprint density at radius 3 is 2.55 bits per heavy atom. The lowest BCUT2D eigenvalue weighted by molar-refractivity contribution is 0.0500. The topological polar surface area (TPSA) is 55.4 Å². The molecule has 1 atom stereocenters. The summed E-state index contributed by atoms with van der Waals surface area (Å²) in [4.78, 5) is 23.9. The summed E-state index contributed by atoms with van der Waals surface area (Å²) in [5.74, 6) is -0.929. The summed E-state index contributed by atoms with van der Waals surface area (Å²) in [6.45, 7) is 7.12. The van der Waals surface area contributed by atoms with Crippen LogP contribution in [-0.2, 0) is 4.74 Å². The van der Waals surface area contributed by atoms with Gasteiger partial charge in [-0.1, -0.05) is 22.9 Å². The molecule has 4 nitrogen and oxygen atoms in total. The van der Waals surface area contributed by atoms with Gasteiger partial charge in [0.25, 0.3) is 0 Å². The van der Waals surface area contributed by atoms with E-state index in [1.807, 2.05) is 6.92 Å². The Bertz CT molecular complexity index is 555. The van der Waals surface area contributed by atoms with Gasteiger partial charge in [0.15, 0.2) is 5.78 Å². The molecule has 1 N–H and O–H groups in total. The van der Waals surface area contributed by atoms with E-state index in [0.717, 1.165) is 0 Å². The van der Waals surface area contributed by atoms with Gasteiger partial charge in [0.1, 0.15) is 11.4 Å². The third-order valence-electron chi connectivity index (χ3n) is 2.87. The number of alkyl carbamates (subject to hydrolysis) is 1. The summed E-state index contributed by atoms with van der Waals surface area (Å²) in [6.07, 6.45) is -0.0224. The van der Waals surface area contributed by atoms with E-state index in [-0.39, 0.29) is 17.8 Å². The number of amides is 1. The lowest BCUT2D eigenvalue weighted by atomic mass is 10.0. The standard InChI is InChI=1S/C16H21BrFNO3/c1-5-11(19-15(21)22-16(2,3)4)9-14(20)12-8-10(17)6-7-13(12)18/h6-8,11H,5,9H2,1-4H3,(H,19,21). The van der Waals surface area contributed by atoms with Crippen LogP contribution in [0, 0.1) is 5.82 Å². The molecule has 1 rings (SSSR count). The molecule has 122 valence electrons. The van der Waals surface area contributed by atoms with Crippen molar-refractivity contribution in [1.82, 2.24) is 5.32 Å². The normalized spacial score (nSPS) is 12.6. The predicted molar refractivity (Wildman–Crippen MR) is 86.5 cm³/mol. The first-order valence-corrected chi connectivity index (χ1v) is 7.89. The van der Waals surface area contributed by atoms with Crippen LogP contribution in [0.3, 0.4) is 0 Å². The number of benzene rings is 1. The maximum absolute atomic E-state index is 13.7. The lowest BCUT2D eigenvalue weighted by Crippen LogP contribution is -2.40. The van der Waals surface area contributed by atoms with Crippen LogP contribution in [0.15, 0.2) is 22.7 Å². The van der Waals surface area contributed by atoms with Gasteiger partial charge < -0.3 is 10.1 Å². The number of halogens is 2. The molecule has 22 heavy (non-hydrogen) atoms. The molecular weight excluding hydrogens is 353 g/mol. The molecule has 1 aromatic carbocycles. The fourth-order valence-electron chi connectivity index (χ4n) is 1.82. The average Bonchev–Trinajstić information content (AvgIpc) is 2.38. The molecule has 1 aromatic rings. The van der Waals surface area contributed by atoms with Gasteiger partial charge in [-0.05, 0) is 45.4 Å². The summed E-state index contributed by atoms with van der Waals surface area (Å²) in [5, 5.41) is 2.64. The van der Waals surface area contributed by atoms with Gasteiger partial charge in [-0.3, -0.25) is 4.79 Å². The zero-order valence-electron chi connectivity index (χ0n) is 13.2. The van der Waals surface area contributed by atoms with Crippen molar-refractivity contribution in [3.05, 3.63) is 34.1 Å². The van der Waals surface area contributed by atoms with Gasteiger partial charge in [-0.2, -0.15) is 0 Å². The van der Waals surface area contributed by atoms with Gasteiger partial charge in [-0.15, -0.1) is 0 Å². The van der Waals surface area contributed by atoms with Gasteiger partial charge >= 0.3 is 6.09 Å². The minimum Gasteiger partial charge on any atom is -0.444 e. The minimum absolute atomic E-state index is 0.0128. The van der Waals surface area contributed by atoms with E-state index >= 15 is 0 Å². The number of hydrogen-bond donors (Lipinski definition) is 1. The molecule has 0 bridgehead atoms. The molecule has 1 amide bonds. The van der Waals surface area contributed by atoms with Crippen LogP contribution in [-0.4, -0.2) is 23.5 Å². The second-order valence-electron chi connectivity index (χ2n) is 6.00. The van der Waals surface area contributed by atoms with Crippen molar-refractivity contribution in [2.45, 2.75) is 52.2 Å². The van der Waals surface area contributed by atoms with Crippen molar-refractivity contribution < 1.29 is 18.7 Å². The molecule has 0 saturated heterocycles. The zero-order chi connectivity index (χ0) is 16.9. The van der Waals surface area contributed by atoms with Crippen molar-refractivity contribution in [1.29, 1.82) is 0 Å². The smallest absolute Gasteiger partial charge is 0.407 e. The van der Waals surface area contributed by atoms with E-state index in [0.29, 0.717) is 10.9 Å². The van der Waals surface area contributed by atoms with Gasteiger partial charge in [0, 0.05) is 16.9 Å². The molecule has 0 aliphatic rings. The van der Waals surface area contributed by atoms with E-state index in [2.05, 4.69) is 21.2 Å². The highest BCUT2D eigenvalue weighted by molar-refractivity contribution is 9.10. The molecule has 0 aliphatic carbocycles. The third kappa shape index (κ3) is 6.13. The number of Topliss-reactive ketones (excluding diaryl/α,β-unsaturated/α-hetero) is 1. The highest BCUT2D eigenvalue weighted by Crippen LogP contribution is 2.18. The molecule has 0 radical (unpaired) electrons. The first kappa shape index (κ1) is 18.6. The largest absolute Gasteiger partial charge is 0.444 e. The van der Waals surface area contributed by atoms with E-state index < -0.39 is 23.6 Å². The van der Waals surface area contributed by atoms with Crippen molar-refractivity contribution in [3.63, 3.8) is 0 Å². The second-order valence-corrected chi connectivity index (χ2v) is 6.92. The van der Waals surface area contributed by atoms with Crippen LogP contribution in [0.4, 0.5) is 9.18 Å². The van der Waals surface area contributed by atoms with Crippen LogP contribution in [0.25, 0.3) is 0 Å². The SMILES string of the molecule is CCC(CC(=O)c1cc(Br)ccc1F)NC(=O)OC(C)(C)C. The fraction of sp³-hybridized carbons (Fsp3) is 0.500. The Balaban J connectivity index is 2.71. The Morgan fingerprint density at radius 1 is 1.36 bits per heavy atom. The summed E-state index contributed by atoms with van der Waals surface area (Å²) in [5.41, 5.74) is -0.596. The highest BCUT2D eigenvalue weighted by atomic mass is 79.9. The first-order chi connectivity index (χ1) is 10.1. The predicted octanol–water partition coefficient (Wildman–Crippen LogP) is 4.46. The van der Waals surface area contributed by atoms with Crippen LogP contribution >= 0.6 is 15.9 Å². The number of ketones is 1. The number of rotatable bonds is 5. The van der Waals surface area contributed by atoms with Gasteiger partial charge in [0.05, 0.1) is 5.56 Å². The molecule has 0 heterocycles. The highest BCUT2D eigenvalue weighted by Gasteiger charge is 2.22. The molecular formula is C16H21BrFNO3. The Kier molecular flexibility index (Phi) is 6.53. The van der Waals surface area contributed by atoms with Gasteiger partial charge in [0.2, 0.25) is 0 Å². The number of hydrogen-bond acceptors (Lipinski definition) is 3. The molecule has 1 unspecified atom stereocenters. The van der Waals surface area contributed by atoms with Crippen molar-refractivity contribution in [2.24, 2.45) is 0 Å². The Morgan fingerprint density at radius 2 is 2.00 bits per heavy atom. The molecule has 0 spiro atoms. The molecule has 0 saturated carbocycles. The summed E-state index contributed by atoms with van der Waals surface area (Å²) < 4.78 is 19.5. The molecule has 0 aliphatic heterocycles. The summed E-state index contributed by atoms with van der Waals surface area (Å²) in [6, 6.07) is 3.81. The van der Waals surface area contributed by atoms with Crippen LogP contribution in [0.2, 0.25) is 0 Å². The number of nitrogens with one attached hydrogen (secondary N) is 1. The molecule has 0 aromatic heterocycles. The van der Waals surface area contributed by atoms with Gasteiger partial charge in [-0.25, -0.2) is 9.18 Å². The third-order valence-corrected chi connectivity index (χ3v) is 3.37. The van der Waals surface area contributed by atoms with Crippen LogP contribution in [0.5, 0.6) is 0 Å². The van der Waals surface area contributed by atoms with Crippen LogP contribution < -0.4 is 5.32 Å². The van der Waals surface area contributed by atoms with Crippen molar-refractivity contribution >= 4 is 27.8 Å². The monoisotopic (exact) mass is 373 g/mol. The quantitative estimate of drug-likeness (QED) is 0.774. The first-order valence-electron chi connectivity index (χ1n) is 7.10. The molecule has 0 fully saturated rings. The summed E-state index contributed by atoms with van der Waals surface area (Å²) in [7, 11) is 0. The number of carbonyl (C=O) groups is 2. The Hall–Kier alpha value is -1.43. The van der Waals surface area contributed by atoms with E-state index in [1.54, 1.807) is 20.8 Å². The lowest BCUT2D eigenvalue weighted by Gasteiger charge is -2.22. The average molecular weight is 374 g/mol. The van der Waals surface area contributed by atoms with Crippen molar-refractivity contribution in [3.8, 4) is 0 Å². The van der Waals surface area contributed by atoms with E-state index in [4.69, 9.17) is 4.74 Å². The zero-order valence-corrected chi connectivity index (χ0v) is 14.8. The summed E-state index contributed by atoms with van der Waals surface area (Å²) >= 11 is 3.21. The maximum Gasteiger partial charge on any atom is 0.407 e.